The number of nitrogens with zero attached hydrogens (tertiary/aromatic N) is 2. The molecule has 2 aromatic carbocycles. The highest BCUT2D eigenvalue weighted by molar-refractivity contribution is 6.02. The summed E-state index contributed by atoms with van der Waals surface area (Å²) in [6, 6.07) is 11.4. The zero-order valence-electron chi connectivity index (χ0n) is 21.1. The van der Waals surface area contributed by atoms with E-state index in [1.807, 2.05) is 30.9 Å². The molecule has 7 nitrogen and oxygen atoms in total. The minimum atomic E-state index is -0.326. The molecule has 36 heavy (non-hydrogen) atoms. The van der Waals surface area contributed by atoms with Crippen LogP contribution in [0.1, 0.15) is 55.5 Å². The highest BCUT2D eigenvalue weighted by Crippen LogP contribution is 2.30. The van der Waals surface area contributed by atoms with Crippen molar-refractivity contribution in [2.45, 2.75) is 46.1 Å². The van der Waals surface area contributed by atoms with E-state index in [-0.39, 0.29) is 36.0 Å². The van der Waals surface area contributed by atoms with Crippen molar-refractivity contribution in [3.05, 3.63) is 59.4 Å². The Hall–Kier alpha value is -3.42. The van der Waals surface area contributed by atoms with Crippen molar-refractivity contribution in [2.75, 3.05) is 36.4 Å². The van der Waals surface area contributed by atoms with Crippen molar-refractivity contribution in [1.29, 1.82) is 0 Å². The van der Waals surface area contributed by atoms with Gasteiger partial charge in [-0.25, -0.2) is 4.39 Å². The Morgan fingerprint density at radius 3 is 2.31 bits per heavy atom. The highest BCUT2D eigenvalue weighted by atomic mass is 19.1. The predicted octanol–water partition coefficient (Wildman–Crippen LogP) is 4.19. The van der Waals surface area contributed by atoms with Crippen molar-refractivity contribution < 1.29 is 18.8 Å². The third-order valence-corrected chi connectivity index (χ3v) is 6.91. The fourth-order valence-electron chi connectivity index (χ4n) is 4.54. The van der Waals surface area contributed by atoms with Crippen molar-refractivity contribution in [3.63, 3.8) is 0 Å². The zero-order valence-corrected chi connectivity index (χ0v) is 21.1. The van der Waals surface area contributed by atoms with Crippen molar-refractivity contribution in [3.8, 4) is 0 Å². The van der Waals surface area contributed by atoms with E-state index in [1.54, 1.807) is 18.2 Å². The summed E-state index contributed by atoms with van der Waals surface area (Å²) in [5.74, 6) is -0.0907. The average Bonchev–Trinajstić information content (AvgIpc) is 2.82. The summed E-state index contributed by atoms with van der Waals surface area (Å²) in [5.41, 5.74) is 2.61. The van der Waals surface area contributed by atoms with Crippen molar-refractivity contribution >= 4 is 29.1 Å². The van der Waals surface area contributed by atoms with Gasteiger partial charge in [0, 0.05) is 56.4 Å². The van der Waals surface area contributed by atoms with Gasteiger partial charge in [0.15, 0.2) is 0 Å². The summed E-state index contributed by atoms with van der Waals surface area (Å²) in [4.78, 5) is 42.3. The first-order chi connectivity index (χ1) is 17.3. The van der Waals surface area contributed by atoms with Crippen molar-refractivity contribution in [1.82, 2.24) is 10.2 Å². The van der Waals surface area contributed by atoms with Crippen LogP contribution >= 0.6 is 0 Å². The van der Waals surface area contributed by atoms with Crippen molar-refractivity contribution in [2.24, 2.45) is 11.8 Å². The first-order valence-electron chi connectivity index (χ1n) is 12.8. The monoisotopic (exact) mass is 494 g/mol. The van der Waals surface area contributed by atoms with Crippen LogP contribution < -0.4 is 15.5 Å². The van der Waals surface area contributed by atoms with Gasteiger partial charge in [-0.3, -0.25) is 14.4 Å². The number of hydrogen-bond acceptors (Lipinski definition) is 4. The van der Waals surface area contributed by atoms with Gasteiger partial charge < -0.3 is 20.4 Å². The molecule has 192 valence electrons. The number of halogens is 1. The minimum Gasteiger partial charge on any atom is -0.367 e. The van der Waals surface area contributed by atoms with E-state index in [0.29, 0.717) is 49.8 Å². The lowest BCUT2D eigenvalue weighted by Gasteiger charge is -2.37. The second kappa shape index (κ2) is 11.5. The molecule has 0 aromatic heterocycles. The first kappa shape index (κ1) is 25.7. The van der Waals surface area contributed by atoms with E-state index in [0.717, 1.165) is 30.5 Å². The molecule has 0 radical (unpaired) electrons. The number of nitrogens with one attached hydrogen (secondary N) is 2. The predicted molar refractivity (Wildman–Crippen MR) is 138 cm³/mol. The van der Waals surface area contributed by atoms with Gasteiger partial charge in [0.05, 0.1) is 5.56 Å². The van der Waals surface area contributed by atoms with Gasteiger partial charge in [0.1, 0.15) is 5.82 Å². The molecule has 0 spiro atoms. The lowest BCUT2D eigenvalue weighted by atomic mass is 9.85. The SMILES string of the molecule is CC(C)CC(=O)N1CCN(c2ccc(NC(=O)C3CCC3)cc2C(=O)NCc2ccc(F)cc2)CC1. The molecule has 1 saturated carbocycles. The summed E-state index contributed by atoms with van der Waals surface area (Å²) in [6.07, 6.45) is 3.40. The third-order valence-electron chi connectivity index (χ3n) is 6.91. The molecule has 2 fully saturated rings. The number of rotatable bonds is 8. The number of carbonyl (C=O) groups is 3. The van der Waals surface area contributed by atoms with E-state index in [4.69, 9.17) is 0 Å². The highest BCUT2D eigenvalue weighted by Gasteiger charge is 2.27. The van der Waals surface area contributed by atoms with Gasteiger partial charge in [-0.1, -0.05) is 32.4 Å². The molecule has 0 atom stereocenters. The normalized spacial score (nSPS) is 16.0. The van der Waals surface area contributed by atoms with Gasteiger partial charge in [0.25, 0.3) is 5.91 Å². The Labute approximate surface area is 212 Å². The largest absolute Gasteiger partial charge is 0.367 e. The van der Waals surface area contributed by atoms with Crippen LogP contribution in [0.15, 0.2) is 42.5 Å². The number of carbonyl (C=O) groups excluding carboxylic acids is 3. The van der Waals surface area contributed by atoms with Gasteiger partial charge in [-0.15, -0.1) is 0 Å². The quantitative estimate of drug-likeness (QED) is 0.577. The zero-order chi connectivity index (χ0) is 25.7. The molecular formula is C28H35FN4O3. The van der Waals surface area contributed by atoms with Crippen LogP contribution in [0, 0.1) is 17.7 Å². The Morgan fingerprint density at radius 1 is 1.00 bits per heavy atom. The van der Waals surface area contributed by atoms with Gasteiger partial charge in [0.2, 0.25) is 11.8 Å². The third kappa shape index (κ3) is 6.42. The molecule has 1 aliphatic carbocycles. The number of amides is 3. The number of anilines is 2. The van der Waals surface area contributed by atoms with Crippen LogP contribution in [0.3, 0.4) is 0 Å². The van der Waals surface area contributed by atoms with E-state index >= 15 is 0 Å². The Morgan fingerprint density at radius 2 is 1.69 bits per heavy atom. The standard InChI is InChI=1S/C28H35FN4O3/c1-19(2)16-26(34)33-14-12-32(13-15-33)25-11-10-23(31-27(35)21-4-3-5-21)17-24(25)28(36)30-18-20-6-8-22(29)9-7-20/h6-11,17,19,21H,3-5,12-16,18H2,1-2H3,(H,30,36)(H,31,35). The second-order valence-corrected chi connectivity index (χ2v) is 10.1. The first-order valence-corrected chi connectivity index (χ1v) is 12.8. The maximum Gasteiger partial charge on any atom is 0.253 e. The van der Waals surface area contributed by atoms with Crippen LogP contribution in [0.4, 0.5) is 15.8 Å². The molecule has 1 saturated heterocycles. The lowest BCUT2D eigenvalue weighted by Crippen LogP contribution is -2.49. The summed E-state index contributed by atoms with van der Waals surface area (Å²) < 4.78 is 13.2. The fraction of sp³-hybridized carbons (Fsp3) is 0.464. The fourth-order valence-corrected chi connectivity index (χ4v) is 4.54. The summed E-state index contributed by atoms with van der Waals surface area (Å²) in [5, 5.41) is 5.88. The molecule has 3 amide bonds. The topological polar surface area (TPSA) is 81.8 Å². The van der Waals surface area contributed by atoms with E-state index in [9.17, 15) is 18.8 Å². The van der Waals surface area contributed by atoms with Gasteiger partial charge >= 0.3 is 0 Å². The Balaban J connectivity index is 1.49. The van der Waals surface area contributed by atoms with Crippen LogP contribution in [-0.2, 0) is 16.1 Å². The average molecular weight is 495 g/mol. The summed E-state index contributed by atoms with van der Waals surface area (Å²) >= 11 is 0. The van der Waals surface area contributed by atoms with Gasteiger partial charge in [-0.2, -0.15) is 0 Å². The molecule has 2 aromatic rings. The number of piperazine rings is 1. The lowest BCUT2D eigenvalue weighted by molar-refractivity contribution is -0.132. The molecule has 0 bridgehead atoms. The number of benzene rings is 2. The Kier molecular flexibility index (Phi) is 8.23. The maximum absolute atomic E-state index is 13.3. The second-order valence-electron chi connectivity index (χ2n) is 10.1. The minimum absolute atomic E-state index is 0.0102. The molecule has 8 heteroatoms. The molecule has 2 aliphatic rings. The smallest absolute Gasteiger partial charge is 0.253 e. The molecular weight excluding hydrogens is 459 g/mol. The van der Waals surface area contributed by atoms with Crippen LogP contribution in [0.25, 0.3) is 0 Å². The Bertz CT molecular complexity index is 1090. The molecule has 1 heterocycles. The number of hydrogen-bond donors (Lipinski definition) is 2. The molecule has 2 N–H and O–H groups in total. The van der Waals surface area contributed by atoms with Crippen LogP contribution in [0.2, 0.25) is 0 Å². The van der Waals surface area contributed by atoms with Crippen LogP contribution in [-0.4, -0.2) is 48.8 Å². The van der Waals surface area contributed by atoms with E-state index in [1.165, 1.54) is 12.1 Å². The molecule has 4 rings (SSSR count). The van der Waals surface area contributed by atoms with E-state index < -0.39 is 0 Å². The van der Waals surface area contributed by atoms with Gasteiger partial charge in [-0.05, 0) is 54.7 Å². The molecule has 0 unspecified atom stereocenters. The summed E-state index contributed by atoms with van der Waals surface area (Å²) in [6.45, 7) is 6.78. The molecule has 1 aliphatic heterocycles. The van der Waals surface area contributed by atoms with Crippen LogP contribution in [0.5, 0.6) is 0 Å². The van der Waals surface area contributed by atoms with E-state index in [2.05, 4.69) is 15.5 Å². The summed E-state index contributed by atoms with van der Waals surface area (Å²) in [7, 11) is 0. The maximum atomic E-state index is 13.3.